The van der Waals surface area contributed by atoms with Gasteiger partial charge in [-0.3, -0.25) is 0 Å². The fraction of sp³-hybridized carbons (Fsp3) is 0.125. The van der Waals surface area contributed by atoms with Crippen LogP contribution in [0.2, 0.25) is 0 Å². The first kappa shape index (κ1) is 8.35. The molecule has 0 saturated carbocycles. The molecule has 0 aliphatic heterocycles. The summed E-state index contributed by atoms with van der Waals surface area (Å²) in [6, 6.07) is 8.79. The molecule has 0 aromatic heterocycles. The van der Waals surface area contributed by atoms with Gasteiger partial charge in [-0.2, -0.15) is 0 Å². The summed E-state index contributed by atoms with van der Waals surface area (Å²) < 4.78 is 0. The number of fused-ring (bicyclic) bond motifs is 5. The molecule has 1 aromatic carbocycles. The largest absolute Gasteiger partial charge is 0.0755 e. The van der Waals surface area contributed by atoms with Gasteiger partial charge in [-0.25, -0.2) is 0 Å². The lowest BCUT2D eigenvalue weighted by molar-refractivity contribution is 0.618. The summed E-state index contributed by atoms with van der Waals surface area (Å²) in [5.74, 6) is 0.514. The molecule has 0 amide bonds. The van der Waals surface area contributed by atoms with Crippen LogP contribution in [0.1, 0.15) is 11.1 Å². The van der Waals surface area contributed by atoms with Crippen LogP contribution in [0.4, 0.5) is 0 Å². The van der Waals surface area contributed by atoms with Gasteiger partial charge in [0.15, 0.2) is 0 Å². The minimum atomic E-state index is 0.107. The molecule has 3 aliphatic carbocycles. The van der Waals surface area contributed by atoms with Crippen LogP contribution in [0.15, 0.2) is 66.8 Å². The van der Waals surface area contributed by atoms with E-state index in [0.717, 1.165) is 0 Å². The summed E-state index contributed by atoms with van der Waals surface area (Å²) in [5, 5.41) is 0. The van der Waals surface area contributed by atoms with Gasteiger partial charge in [-0.1, -0.05) is 66.8 Å². The summed E-state index contributed by atoms with van der Waals surface area (Å²) in [6.07, 6.45) is 15.8. The molecule has 0 nitrogen and oxygen atoms in total. The molecule has 1 aromatic rings. The molecular formula is C16H12. The van der Waals surface area contributed by atoms with Gasteiger partial charge in [0, 0.05) is 11.3 Å². The van der Waals surface area contributed by atoms with Gasteiger partial charge >= 0.3 is 0 Å². The van der Waals surface area contributed by atoms with E-state index < -0.39 is 0 Å². The topological polar surface area (TPSA) is 0 Å². The average molecular weight is 204 g/mol. The summed E-state index contributed by atoms with van der Waals surface area (Å²) in [7, 11) is 0. The highest BCUT2D eigenvalue weighted by Crippen LogP contribution is 2.55. The molecule has 0 saturated heterocycles. The third-order valence-electron chi connectivity index (χ3n) is 3.99. The van der Waals surface area contributed by atoms with Crippen LogP contribution in [-0.4, -0.2) is 0 Å². The van der Waals surface area contributed by atoms with Crippen molar-refractivity contribution >= 4 is 5.57 Å². The van der Waals surface area contributed by atoms with Crippen molar-refractivity contribution in [2.75, 3.05) is 0 Å². The normalized spacial score (nSPS) is 26.2. The van der Waals surface area contributed by atoms with Crippen molar-refractivity contribution in [2.24, 2.45) is 5.92 Å². The van der Waals surface area contributed by atoms with Crippen LogP contribution in [-0.2, 0) is 5.41 Å². The van der Waals surface area contributed by atoms with Crippen LogP contribution in [0.5, 0.6) is 0 Å². The van der Waals surface area contributed by atoms with Crippen molar-refractivity contribution in [3.8, 4) is 0 Å². The molecule has 0 heterocycles. The van der Waals surface area contributed by atoms with Crippen LogP contribution in [0, 0.1) is 5.92 Å². The zero-order valence-electron chi connectivity index (χ0n) is 8.93. The maximum Gasteiger partial charge on any atom is 0.0427 e. The number of rotatable bonds is 0. The lowest BCUT2D eigenvalue weighted by atomic mass is 9.76. The predicted molar refractivity (Wildman–Crippen MR) is 67.0 cm³/mol. The monoisotopic (exact) mass is 204 g/mol. The predicted octanol–water partition coefficient (Wildman–Crippen LogP) is 3.63. The Morgan fingerprint density at radius 2 is 1.75 bits per heavy atom. The molecule has 0 bridgehead atoms. The lowest BCUT2D eigenvalue weighted by Crippen LogP contribution is -2.23. The van der Waals surface area contributed by atoms with E-state index in [4.69, 9.17) is 0 Å². The molecule has 1 unspecified atom stereocenters. The Balaban J connectivity index is 2.09. The molecular weight excluding hydrogens is 192 g/mol. The van der Waals surface area contributed by atoms with Crippen molar-refractivity contribution in [3.05, 3.63) is 77.9 Å². The van der Waals surface area contributed by atoms with Crippen molar-refractivity contribution in [1.82, 2.24) is 0 Å². The van der Waals surface area contributed by atoms with Gasteiger partial charge < -0.3 is 0 Å². The van der Waals surface area contributed by atoms with Crippen LogP contribution < -0.4 is 0 Å². The molecule has 76 valence electrons. The minimum absolute atomic E-state index is 0.107. The Kier molecular flexibility index (Phi) is 1.38. The highest BCUT2D eigenvalue weighted by Gasteiger charge is 2.46. The van der Waals surface area contributed by atoms with Crippen molar-refractivity contribution in [3.63, 3.8) is 0 Å². The second-order valence-corrected chi connectivity index (χ2v) is 4.68. The first-order valence-electron chi connectivity index (χ1n) is 5.77. The Bertz CT molecular complexity index is 570. The lowest BCUT2D eigenvalue weighted by Gasteiger charge is -2.25. The SMILES string of the molecule is C1=CC2C(=C1)c1ccccc1C21C=CC=C1. The third kappa shape index (κ3) is 0.780. The second kappa shape index (κ2) is 2.65. The molecule has 16 heavy (non-hydrogen) atoms. The standard InChI is InChI=1S/C16H12/c1-2-8-14-12(6-1)13-7-5-9-15(13)16(14)10-3-4-11-16/h1-11,15H. The maximum atomic E-state index is 2.34. The van der Waals surface area contributed by atoms with Gasteiger partial charge in [0.25, 0.3) is 0 Å². The summed E-state index contributed by atoms with van der Waals surface area (Å²) >= 11 is 0. The van der Waals surface area contributed by atoms with E-state index in [9.17, 15) is 0 Å². The van der Waals surface area contributed by atoms with E-state index in [1.54, 1.807) is 0 Å². The zero-order chi connectivity index (χ0) is 10.6. The van der Waals surface area contributed by atoms with Crippen molar-refractivity contribution in [2.45, 2.75) is 5.41 Å². The number of allylic oxidation sites excluding steroid dienone is 8. The van der Waals surface area contributed by atoms with E-state index in [1.807, 2.05) is 0 Å². The van der Waals surface area contributed by atoms with Gasteiger partial charge in [0.2, 0.25) is 0 Å². The van der Waals surface area contributed by atoms with E-state index in [0.29, 0.717) is 5.92 Å². The van der Waals surface area contributed by atoms with E-state index in [1.165, 1.54) is 16.7 Å². The molecule has 0 N–H and O–H groups in total. The van der Waals surface area contributed by atoms with Crippen LogP contribution >= 0.6 is 0 Å². The number of hydrogen-bond acceptors (Lipinski definition) is 0. The van der Waals surface area contributed by atoms with Gasteiger partial charge in [-0.15, -0.1) is 0 Å². The van der Waals surface area contributed by atoms with Gasteiger partial charge in [0.1, 0.15) is 0 Å². The van der Waals surface area contributed by atoms with E-state index >= 15 is 0 Å². The van der Waals surface area contributed by atoms with Crippen molar-refractivity contribution < 1.29 is 0 Å². The Labute approximate surface area is 95.3 Å². The fourth-order valence-corrected chi connectivity index (χ4v) is 3.30. The fourth-order valence-electron chi connectivity index (χ4n) is 3.30. The first-order chi connectivity index (χ1) is 7.92. The molecule has 1 spiro atoms. The Morgan fingerprint density at radius 3 is 2.62 bits per heavy atom. The maximum absolute atomic E-state index is 2.34. The Morgan fingerprint density at radius 1 is 0.938 bits per heavy atom. The Hall–Kier alpha value is -1.82. The van der Waals surface area contributed by atoms with E-state index in [2.05, 4.69) is 66.8 Å². The van der Waals surface area contributed by atoms with Crippen molar-refractivity contribution in [1.29, 1.82) is 0 Å². The highest BCUT2D eigenvalue weighted by molar-refractivity contribution is 5.84. The molecule has 4 rings (SSSR count). The van der Waals surface area contributed by atoms with Crippen LogP contribution in [0.25, 0.3) is 5.57 Å². The summed E-state index contributed by atoms with van der Waals surface area (Å²) in [4.78, 5) is 0. The summed E-state index contributed by atoms with van der Waals surface area (Å²) in [5.41, 5.74) is 4.47. The quantitative estimate of drug-likeness (QED) is 0.605. The first-order valence-corrected chi connectivity index (χ1v) is 5.77. The van der Waals surface area contributed by atoms with Gasteiger partial charge in [0.05, 0.1) is 0 Å². The smallest absolute Gasteiger partial charge is 0.0427 e. The zero-order valence-corrected chi connectivity index (χ0v) is 8.93. The number of hydrogen-bond donors (Lipinski definition) is 0. The minimum Gasteiger partial charge on any atom is -0.0755 e. The van der Waals surface area contributed by atoms with Crippen LogP contribution in [0.3, 0.4) is 0 Å². The molecule has 0 heteroatoms. The third-order valence-corrected chi connectivity index (χ3v) is 3.99. The summed E-state index contributed by atoms with van der Waals surface area (Å²) in [6.45, 7) is 0. The molecule has 1 atom stereocenters. The second-order valence-electron chi connectivity index (χ2n) is 4.68. The molecule has 3 aliphatic rings. The highest BCUT2D eigenvalue weighted by atomic mass is 14.5. The van der Waals surface area contributed by atoms with E-state index in [-0.39, 0.29) is 5.41 Å². The molecule has 0 fully saturated rings. The average Bonchev–Trinajstić information content (AvgIpc) is 3.02. The van der Waals surface area contributed by atoms with Gasteiger partial charge in [-0.05, 0) is 16.7 Å². The number of benzene rings is 1. The molecule has 0 radical (unpaired) electrons.